The summed E-state index contributed by atoms with van der Waals surface area (Å²) >= 11 is 0. The van der Waals surface area contributed by atoms with Gasteiger partial charge in [-0.15, -0.1) is 0 Å². The zero-order chi connectivity index (χ0) is 21.6. The zero-order valence-electron chi connectivity index (χ0n) is 18.1. The number of benzene rings is 2. The molecule has 2 aromatic rings. The van der Waals surface area contributed by atoms with Gasteiger partial charge in [0, 0.05) is 18.7 Å². The first-order valence-electron chi connectivity index (χ1n) is 10.1. The molecular weight excluding hydrogens is 384 g/mol. The summed E-state index contributed by atoms with van der Waals surface area (Å²) in [5.41, 5.74) is 5.79. The van der Waals surface area contributed by atoms with Crippen LogP contribution in [0.3, 0.4) is 0 Å². The van der Waals surface area contributed by atoms with E-state index in [0.29, 0.717) is 12.1 Å². The number of hydrogen-bond acceptors (Lipinski definition) is 3. The molecule has 0 aliphatic rings. The molecule has 0 atom stereocenters. The summed E-state index contributed by atoms with van der Waals surface area (Å²) in [6, 6.07) is 11.7. The number of carbonyl (C=O) groups is 1. The lowest BCUT2D eigenvalue weighted by Crippen LogP contribution is -2.32. The molecule has 0 saturated carbocycles. The van der Waals surface area contributed by atoms with Crippen molar-refractivity contribution >= 4 is 27.3 Å². The molecule has 0 unspecified atom stereocenters. The smallest absolute Gasteiger partial charge is 0.232 e. The normalized spacial score (nSPS) is 11.3. The standard InChI is InChI=1S/C23H32N2O3S/c1-6-19-12-9-13-20(7-2)23(19)24-22(26)15-10-16-25(29(5,27)28)21-14-8-11-17(3)18(21)4/h8-9,11-14H,6-7,10,15-16H2,1-5H3,(H,24,26). The fourth-order valence-electron chi connectivity index (χ4n) is 3.46. The van der Waals surface area contributed by atoms with Crippen molar-refractivity contribution in [3.8, 4) is 0 Å². The number of sulfonamides is 1. The third kappa shape index (κ3) is 5.82. The molecule has 0 bridgehead atoms. The Morgan fingerprint density at radius 3 is 2.14 bits per heavy atom. The monoisotopic (exact) mass is 416 g/mol. The lowest BCUT2D eigenvalue weighted by molar-refractivity contribution is -0.116. The molecule has 2 rings (SSSR count). The quantitative estimate of drug-likeness (QED) is 0.649. The Balaban J connectivity index is 2.09. The number of carbonyl (C=O) groups excluding carboxylic acids is 1. The zero-order valence-corrected chi connectivity index (χ0v) is 18.9. The van der Waals surface area contributed by atoms with Crippen molar-refractivity contribution in [2.24, 2.45) is 0 Å². The number of rotatable bonds is 9. The van der Waals surface area contributed by atoms with Crippen LogP contribution in [0.2, 0.25) is 0 Å². The summed E-state index contributed by atoms with van der Waals surface area (Å²) in [4.78, 5) is 12.6. The molecule has 1 N–H and O–H groups in total. The van der Waals surface area contributed by atoms with E-state index in [0.717, 1.165) is 40.8 Å². The summed E-state index contributed by atoms with van der Waals surface area (Å²) in [5.74, 6) is -0.0879. The Kier molecular flexibility index (Phi) is 7.85. The Morgan fingerprint density at radius 1 is 1.00 bits per heavy atom. The summed E-state index contributed by atoms with van der Waals surface area (Å²) < 4.78 is 26.1. The van der Waals surface area contributed by atoms with Crippen LogP contribution in [0.5, 0.6) is 0 Å². The van der Waals surface area contributed by atoms with Gasteiger partial charge < -0.3 is 5.32 Å². The van der Waals surface area contributed by atoms with Gasteiger partial charge in [0.05, 0.1) is 11.9 Å². The van der Waals surface area contributed by atoms with Gasteiger partial charge in [-0.2, -0.15) is 0 Å². The van der Waals surface area contributed by atoms with E-state index in [2.05, 4.69) is 19.2 Å². The highest BCUT2D eigenvalue weighted by Crippen LogP contribution is 2.26. The molecule has 0 fully saturated rings. The van der Waals surface area contributed by atoms with Gasteiger partial charge in [0.1, 0.15) is 0 Å². The molecule has 2 aromatic carbocycles. The highest BCUT2D eigenvalue weighted by Gasteiger charge is 2.20. The third-order valence-electron chi connectivity index (χ3n) is 5.27. The fraction of sp³-hybridized carbons (Fsp3) is 0.435. The van der Waals surface area contributed by atoms with E-state index >= 15 is 0 Å². The third-order valence-corrected chi connectivity index (χ3v) is 6.45. The number of para-hydroxylation sites is 1. The van der Waals surface area contributed by atoms with E-state index in [1.54, 1.807) is 0 Å². The lowest BCUT2D eigenvalue weighted by Gasteiger charge is -2.25. The number of nitrogens with one attached hydrogen (secondary N) is 1. The summed E-state index contributed by atoms with van der Waals surface area (Å²) in [5, 5.41) is 3.05. The largest absolute Gasteiger partial charge is 0.326 e. The van der Waals surface area contributed by atoms with Gasteiger partial charge >= 0.3 is 0 Å². The second-order valence-corrected chi connectivity index (χ2v) is 9.27. The minimum atomic E-state index is -3.43. The summed E-state index contributed by atoms with van der Waals surface area (Å²) in [6.45, 7) is 8.29. The van der Waals surface area contributed by atoms with Crippen LogP contribution in [0, 0.1) is 13.8 Å². The molecule has 0 aliphatic carbocycles. The number of anilines is 2. The predicted octanol–water partition coefficient (Wildman–Crippen LogP) is 4.61. The first-order valence-corrected chi connectivity index (χ1v) is 12.0. The average molecular weight is 417 g/mol. The first-order chi connectivity index (χ1) is 13.7. The number of nitrogens with zero attached hydrogens (tertiary/aromatic N) is 1. The van der Waals surface area contributed by atoms with Crippen LogP contribution in [0.25, 0.3) is 0 Å². The van der Waals surface area contributed by atoms with E-state index < -0.39 is 10.0 Å². The van der Waals surface area contributed by atoms with Gasteiger partial charge in [0.15, 0.2) is 0 Å². The number of aryl methyl sites for hydroxylation is 3. The van der Waals surface area contributed by atoms with Gasteiger partial charge in [0.25, 0.3) is 0 Å². The molecule has 0 spiro atoms. The Morgan fingerprint density at radius 2 is 1.59 bits per heavy atom. The molecule has 29 heavy (non-hydrogen) atoms. The van der Waals surface area contributed by atoms with E-state index in [-0.39, 0.29) is 18.9 Å². The molecule has 5 nitrogen and oxygen atoms in total. The van der Waals surface area contributed by atoms with Gasteiger partial charge in [-0.3, -0.25) is 9.10 Å². The summed E-state index contributed by atoms with van der Waals surface area (Å²) in [7, 11) is -3.43. The van der Waals surface area contributed by atoms with Crippen molar-refractivity contribution in [2.75, 3.05) is 22.4 Å². The number of amides is 1. The molecule has 0 radical (unpaired) electrons. The van der Waals surface area contributed by atoms with Crippen molar-refractivity contribution in [2.45, 2.75) is 53.4 Å². The van der Waals surface area contributed by atoms with Gasteiger partial charge in [-0.05, 0) is 61.4 Å². The molecule has 1 amide bonds. The number of hydrogen-bond donors (Lipinski definition) is 1. The second-order valence-electron chi connectivity index (χ2n) is 7.36. The SMILES string of the molecule is CCc1cccc(CC)c1NC(=O)CCCN(c1cccc(C)c1C)S(C)(=O)=O. The van der Waals surface area contributed by atoms with Crippen LogP contribution in [-0.2, 0) is 27.7 Å². The summed E-state index contributed by atoms with van der Waals surface area (Å²) in [6.07, 6.45) is 3.61. The van der Waals surface area contributed by atoms with Crippen LogP contribution >= 0.6 is 0 Å². The fourth-order valence-corrected chi connectivity index (χ4v) is 4.47. The topological polar surface area (TPSA) is 66.5 Å². The highest BCUT2D eigenvalue weighted by molar-refractivity contribution is 7.92. The molecule has 158 valence electrons. The molecule has 0 heterocycles. The van der Waals surface area contributed by atoms with Crippen molar-refractivity contribution in [1.82, 2.24) is 0 Å². The van der Waals surface area contributed by atoms with Crippen LogP contribution in [0.4, 0.5) is 11.4 Å². The molecule has 0 saturated heterocycles. The second kappa shape index (κ2) is 9.92. The van der Waals surface area contributed by atoms with E-state index in [9.17, 15) is 13.2 Å². The van der Waals surface area contributed by atoms with Crippen LogP contribution in [-0.4, -0.2) is 27.1 Å². The molecule has 6 heteroatoms. The minimum Gasteiger partial charge on any atom is -0.326 e. The Hall–Kier alpha value is -2.34. The maximum Gasteiger partial charge on any atom is 0.232 e. The maximum atomic E-state index is 12.6. The highest BCUT2D eigenvalue weighted by atomic mass is 32.2. The van der Waals surface area contributed by atoms with E-state index in [1.807, 2.05) is 50.2 Å². The predicted molar refractivity (Wildman–Crippen MR) is 121 cm³/mol. The molecule has 0 aromatic heterocycles. The van der Waals surface area contributed by atoms with Gasteiger partial charge in [-0.1, -0.05) is 44.2 Å². The Labute approximate surface area is 175 Å². The van der Waals surface area contributed by atoms with Crippen molar-refractivity contribution in [3.05, 3.63) is 58.7 Å². The van der Waals surface area contributed by atoms with Gasteiger partial charge in [-0.25, -0.2) is 8.42 Å². The molecule has 0 aliphatic heterocycles. The Bertz CT molecular complexity index is 946. The van der Waals surface area contributed by atoms with E-state index in [1.165, 1.54) is 10.6 Å². The maximum absolute atomic E-state index is 12.6. The van der Waals surface area contributed by atoms with Crippen molar-refractivity contribution in [1.29, 1.82) is 0 Å². The van der Waals surface area contributed by atoms with Crippen LogP contribution < -0.4 is 9.62 Å². The van der Waals surface area contributed by atoms with Crippen molar-refractivity contribution in [3.63, 3.8) is 0 Å². The molecular formula is C23H32N2O3S. The minimum absolute atomic E-state index is 0.0879. The van der Waals surface area contributed by atoms with Crippen LogP contribution in [0.15, 0.2) is 36.4 Å². The van der Waals surface area contributed by atoms with Crippen LogP contribution in [0.1, 0.15) is 48.9 Å². The average Bonchev–Trinajstić information content (AvgIpc) is 2.67. The van der Waals surface area contributed by atoms with Crippen molar-refractivity contribution < 1.29 is 13.2 Å². The first kappa shape index (κ1) is 22.9. The lowest BCUT2D eigenvalue weighted by atomic mass is 10.0. The van der Waals surface area contributed by atoms with Gasteiger partial charge in [0.2, 0.25) is 15.9 Å². The van der Waals surface area contributed by atoms with E-state index in [4.69, 9.17) is 0 Å².